The van der Waals surface area contributed by atoms with Gasteiger partial charge < -0.3 is 31.1 Å². The summed E-state index contributed by atoms with van der Waals surface area (Å²) in [5.74, 6) is -2.44. The Bertz CT molecular complexity index is 2170. The van der Waals surface area contributed by atoms with Crippen LogP contribution in [0.4, 0.5) is 27.8 Å². The lowest BCUT2D eigenvalue weighted by atomic mass is 10.0. The molecule has 3 aromatic rings. The smallest absolute Gasteiger partial charge is 0.317 e. The molecule has 282 valence electrons. The van der Waals surface area contributed by atoms with Crippen LogP contribution in [-0.4, -0.2) is 121 Å². The van der Waals surface area contributed by atoms with Crippen LogP contribution in [0.2, 0.25) is 0 Å². The summed E-state index contributed by atoms with van der Waals surface area (Å²) in [6.45, 7) is 2.87. The summed E-state index contributed by atoms with van der Waals surface area (Å²) >= 11 is 0. The van der Waals surface area contributed by atoms with Crippen molar-refractivity contribution in [2.45, 2.75) is 42.7 Å². The number of benzene rings is 2. The summed E-state index contributed by atoms with van der Waals surface area (Å²) < 4.78 is 23.7. The van der Waals surface area contributed by atoms with Gasteiger partial charge in [-0.05, 0) is 61.7 Å². The van der Waals surface area contributed by atoms with Crippen molar-refractivity contribution in [3.05, 3.63) is 65.5 Å². The van der Waals surface area contributed by atoms with Gasteiger partial charge in [0.15, 0.2) is 21.3 Å². The van der Waals surface area contributed by atoms with Crippen LogP contribution in [0.3, 0.4) is 0 Å². The zero-order valence-corrected chi connectivity index (χ0v) is 30.1. The second kappa shape index (κ2) is 14.4. The fraction of sp³-hybridized carbons (Fsp3) is 0.371. The molecule has 18 nitrogen and oxygen atoms in total. The van der Waals surface area contributed by atoms with Crippen LogP contribution >= 0.6 is 0 Å². The van der Waals surface area contributed by atoms with E-state index >= 15 is 0 Å². The van der Waals surface area contributed by atoms with Gasteiger partial charge in [-0.3, -0.25) is 34.2 Å². The Morgan fingerprint density at radius 3 is 2.31 bits per heavy atom. The molecule has 1 aromatic heterocycles. The second-order valence-corrected chi connectivity index (χ2v) is 15.6. The topological polar surface area (TPSA) is 237 Å². The van der Waals surface area contributed by atoms with Gasteiger partial charge in [-0.25, -0.2) is 23.2 Å². The van der Waals surface area contributed by atoms with Gasteiger partial charge in [0, 0.05) is 69.4 Å². The van der Waals surface area contributed by atoms with Crippen LogP contribution in [0.25, 0.3) is 0 Å². The highest BCUT2D eigenvalue weighted by atomic mass is 32.2. The number of piperidine rings is 2. The molecule has 5 N–H and O–H groups in total. The van der Waals surface area contributed by atoms with E-state index in [1.54, 1.807) is 35.2 Å². The number of carbonyl (C=O) groups excluding carboxylic acids is 6. The van der Waals surface area contributed by atoms with Crippen molar-refractivity contribution in [3.8, 4) is 0 Å². The first-order valence-electron chi connectivity index (χ1n) is 17.4. The zero-order valence-electron chi connectivity index (χ0n) is 29.3. The summed E-state index contributed by atoms with van der Waals surface area (Å²) in [5, 5.41) is 8.34. The minimum Gasteiger partial charge on any atom is -0.368 e. The summed E-state index contributed by atoms with van der Waals surface area (Å²) in [7, 11) is -3.39. The van der Waals surface area contributed by atoms with Crippen LogP contribution in [0.15, 0.2) is 53.6 Å². The third-order valence-electron chi connectivity index (χ3n) is 9.97. The highest BCUT2D eigenvalue weighted by Crippen LogP contribution is 2.31. The number of nitrogens with two attached hydrogens (primary N) is 1. The number of piperazine rings is 1. The van der Waals surface area contributed by atoms with E-state index < -0.39 is 45.4 Å². The van der Waals surface area contributed by atoms with Gasteiger partial charge in [-0.2, -0.15) is 0 Å². The van der Waals surface area contributed by atoms with Crippen LogP contribution in [0.5, 0.6) is 0 Å². The number of hydrogen-bond donors (Lipinski definition) is 4. The van der Waals surface area contributed by atoms with Crippen molar-refractivity contribution in [2.75, 3.05) is 60.6 Å². The molecule has 7 amide bonds. The number of anilines is 4. The van der Waals surface area contributed by atoms with E-state index in [-0.39, 0.29) is 52.4 Å². The number of fused-ring (bicyclic) bond motifs is 1. The number of nitrogens with one attached hydrogen (secondary N) is 3. The van der Waals surface area contributed by atoms with E-state index in [1.807, 2.05) is 9.80 Å². The lowest BCUT2D eigenvalue weighted by Crippen LogP contribution is -2.56. The number of hydrogen-bond acceptors (Lipinski definition) is 13. The number of carbonyl (C=O) groups is 6. The Labute approximate surface area is 310 Å². The number of urea groups is 1. The van der Waals surface area contributed by atoms with Gasteiger partial charge in [0.2, 0.25) is 11.8 Å². The molecule has 3 fully saturated rings. The van der Waals surface area contributed by atoms with Crippen LogP contribution in [0, 0.1) is 0 Å². The molecule has 0 spiro atoms. The fourth-order valence-corrected chi connectivity index (χ4v) is 7.74. The monoisotopic (exact) mass is 758 g/mol. The number of sulfone groups is 1. The summed E-state index contributed by atoms with van der Waals surface area (Å²) in [6.07, 6.45) is 4.18. The van der Waals surface area contributed by atoms with Crippen molar-refractivity contribution in [2.24, 2.45) is 5.73 Å². The third kappa shape index (κ3) is 7.26. The van der Waals surface area contributed by atoms with Crippen molar-refractivity contribution in [1.29, 1.82) is 0 Å². The molecule has 5 heterocycles. The highest BCUT2D eigenvalue weighted by Gasteiger charge is 2.45. The predicted molar refractivity (Wildman–Crippen MR) is 194 cm³/mol. The van der Waals surface area contributed by atoms with Gasteiger partial charge in [0.25, 0.3) is 17.7 Å². The Morgan fingerprint density at radius 1 is 0.907 bits per heavy atom. The van der Waals surface area contributed by atoms with E-state index in [1.165, 1.54) is 18.3 Å². The molecule has 0 radical (unpaired) electrons. The molecule has 3 saturated heterocycles. The van der Waals surface area contributed by atoms with Gasteiger partial charge in [0.05, 0.1) is 22.2 Å². The van der Waals surface area contributed by atoms with E-state index in [9.17, 15) is 37.2 Å². The SMILES string of the molecule is CS(=O)(=O)c1ccc(Nc2nc(N3CCCC(NC(=O)N4CCN(c5ccc6c(c5)C(=O)N(C5CCC(=O)NC5=O)C6=O)CC4)C3)cnc2C(N)=O)cc1. The zero-order chi connectivity index (χ0) is 38.3. The number of primary amides is 1. The number of amides is 7. The quantitative estimate of drug-likeness (QED) is 0.231. The molecular weight excluding hydrogens is 721 g/mol. The van der Waals surface area contributed by atoms with Crippen molar-refractivity contribution in [1.82, 2.24) is 30.4 Å². The first kappa shape index (κ1) is 36.3. The first-order chi connectivity index (χ1) is 25.8. The van der Waals surface area contributed by atoms with Crippen LogP contribution in [0.1, 0.15) is 56.9 Å². The maximum atomic E-state index is 13.4. The second-order valence-electron chi connectivity index (χ2n) is 13.6. The normalized spacial score (nSPS) is 20.5. The van der Waals surface area contributed by atoms with Gasteiger partial charge >= 0.3 is 6.03 Å². The predicted octanol–water partition coefficient (Wildman–Crippen LogP) is 0.624. The Kier molecular flexibility index (Phi) is 9.65. The van der Waals surface area contributed by atoms with Crippen molar-refractivity contribution < 1.29 is 37.2 Å². The maximum Gasteiger partial charge on any atom is 0.317 e. The van der Waals surface area contributed by atoms with Crippen LogP contribution < -0.4 is 31.5 Å². The molecule has 2 atom stereocenters. The summed E-state index contributed by atoms with van der Waals surface area (Å²) in [5.41, 5.74) is 7.08. The van der Waals surface area contributed by atoms with Crippen molar-refractivity contribution in [3.63, 3.8) is 0 Å². The van der Waals surface area contributed by atoms with Crippen molar-refractivity contribution >= 4 is 68.4 Å². The number of aromatic nitrogens is 2. The lowest BCUT2D eigenvalue weighted by Gasteiger charge is -2.38. The molecule has 4 aliphatic rings. The Hall–Kier alpha value is -6.11. The van der Waals surface area contributed by atoms with Gasteiger partial charge in [0.1, 0.15) is 11.9 Å². The van der Waals surface area contributed by atoms with E-state index in [0.717, 1.165) is 24.0 Å². The third-order valence-corrected chi connectivity index (χ3v) is 11.1. The number of nitrogens with zero attached hydrogens (tertiary/aromatic N) is 6. The molecule has 0 aliphatic carbocycles. The van der Waals surface area contributed by atoms with Gasteiger partial charge in [-0.1, -0.05) is 0 Å². The molecule has 2 aromatic carbocycles. The molecule has 0 saturated carbocycles. The molecule has 2 unspecified atom stereocenters. The summed E-state index contributed by atoms with van der Waals surface area (Å²) in [6, 6.07) is 9.49. The summed E-state index contributed by atoms with van der Waals surface area (Å²) in [4.78, 5) is 91.6. The first-order valence-corrected chi connectivity index (χ1v) is 19.3. The average molecular weight is 759 g/mol. The standard InChI is InChI=1S/C35H38N10O8S/c1-54(52,53)23-7-4-20(5-8-23)38-31-29(30(36)47)37-18-27(40-31)44-12-2-3-21(19-44)39-35(51)43-15-13-42(14-16-43)22-6-9-24-25(17-22)34(50)45(33(24)49)26-10-11-28(46)41-32(26)48/h4-9,17-18,21,26H,2-3,10-16,19H2,1H3,(H2,36,47)(H,38,40)(H,39,51)(H,41,46,48). The largest absolute Gasteiger partial charge is 0.368 e. The number of imide groups is 2. The molecule has 19 heteroatoms. The van der Waals surface area contributed by atoms with Crippen LogP contribution in [-0.2, 0) is 19.4 Å². The molecule has 4 aliphatic heterocycles. The minimum atomic E-state index is -3.39. The van der Waals surface area contributed by atoms with Gasteiger partial charge in [-0.15, -0.1) is 0 Å². The molecule has 7 rings (SSSR count). The fourth-order valence-electron chi connectivity index (χ4n) is 7.11. The molecular formula is C35H38N10O8S. The molecule has 54 heavy (non-hydrogen) atoms. The maximum absolute atomic E-state index is 13.4. The lowest BCUT2D eigenvalue weighted by molar-refractivity contribution is -0.136. The minimum absolute atomic E-state index is 0.0417. The highest BCUT2D eigenvalue weighted by molar-refractivity contribution is 7.90. The molecule has 0 bridgehead atoms. The average Bonchev–Trinajstić information content (AvgIpc) is 3.39. The Balaban J connectivity index is 0.953. The van der Waals surface area contributed by atoms with E-state index in [2.05, 4.69) is 25.9 Å². The Morgan fingerprint density at radius 2 is 1.63 bits per heavy atom. The number of rotatable bonds is 8. The van der Waals surface area contributed by atoms with E-state index in [4.69, 9.17) is 5.73 Å². The van der Waals surface area contributed by atoms with E-state index in [0.29, 0.717) is 56.5 Å².